The Labute approximate surface area is 142 Å². The van der Waals surface area contributed by atoms with Crippen molar-refractivity contribution in [1.29, 1.82) is 0 Å². The van der Waals surface area contributed by atoms with Gasteiger partial charge in [0.2, 0.25) is 5.91 Å². The van der Waals surface area contributed by atoms with E-state index < -0.39 is 0 Å². The molecule has 0 radical (unpaired) electrons. The van der Waals surface area contributed by atoms with E-state index >= 15 is 0 Å². The molecule has 0 bridgehead atoms. The first-order valence-electron chi connectivity index (χ1n) is 8.00. The zero-order chi connectivity index (χ0) is 17.4. The number of pyridine rings is 1. The predicted molar refractivity (Wildman–Crippen MR) is 97.9 cm³/mol. The summed E-state index contributed by atoms with van der Waals surface area (Å²) in [6, 6.07) is 11.5. The molecule has 0 aliphatic rings. The van der Waals surface area contributed by atoms with Gasteiger partial charge in [0, 0.05) is 6.08 Å². The fraction of sp³-hybridized carbons (Fsp3) is 0.263. The van der Waals surface area contributed by atoms with Crippen LogP contribution in [0.4, 0.5) is 11.5 Å². The van der Waals surface area contributed by atoms with E-state index in [1.54, 1.807) is 24.4 Å². The first kappa shape index (κ1) is 17.7. The largest absolute Gasteiger partial charge is 0.394 e. The van der Waals surface area contributed by atoms with Gasteiger partial charge in [0.25, 0.3) is 0 Å². The molecule has 24 heavy (non-hydrogen) atoms. The van der Waals surface area contributed by atoms with Crippen LogP contribution in [0.5, 0.6) is 0 Å². The maximum atomic E-state index is 11.9. The average Bonchev–Trinajstić information content (AvgIpc) is 2.60. The van der Waals surface area contributed by atoms with Crippen molar-refractivity contribution in [2.24, 2.45) is 0 Å². The highest BCUT2D eigenvalue weighted by Gasteiger charge is 2.05. The molecule has 2 aromatic rings. The molecule has 126 valence electrons. The number of aliphatic hydroxyl groups is 1. The summed E-state index contributed by atoms with van der Waals surface area (Å²) in [7, 11) is 0. The number of hydrogen-bond acceptors (Lipinski definition) is 4. The van der Waals surface area contributed by atoms with Gasteiger partial charge in [0.05, 0.1) is 24.5 Å². The fourth-order valence-corrected chi connectivity index (χ4v) is 2.07. The van der Waals surface area contributed by atoms with E-state index in [2.05, 4.69) is 15.6 Å². The minimum Gasteiger partial charge on any atom is -0.394 e. The highest BCUT2D eigenvalue weighted by molar-refractivity contribution is 6.01. The first-order chi connectivity index (χ1) is 11.6. The second kappa shape index (κ2) is 8.84. The minimum absolute atomic E-state index is 0.0182. The predicted octanol–water partition coefficient (Wildman–Crippen LogP) is 3.22. The monoisotopic (exact) mass is 325 g/mol. The highest BCUT2D eigenvalue weighted by Crippen LogP contribution is 2.12. The van der Waals surface area contributed by atoms with Crippen LogP contribution >= 0.6 is 0 Å². The molecule has 1 heterocycles. The zero-order valence-corrected chi connectivity index (χ0v) is 14.0. The SMILES string of the molecule is CCC(CO)Nc1ccc(NC(=O)/C=C/c2ccc(C)cc2)cn1. The van der Waals surface area contributed by atoms with Gasteiger partial charge in [-0.25, -0.2) is 4.98 Å². The summed E-state index contributed by atoms with van der Waals surface area (Å²) in [6.45, 7) is 4.07. The number of benzene rings is 1. The molecule has 1 unspecified atom stereocenters. The zero-order valence-electron chi connectivity index (χ0n) is 14.0. The third-order valence-corrected chi connectivity index (χ3v) is 3.60. The summed E-state index contributed by atoms with van der Waals surface area (Å²) in [5.41, 5.74) is 2.78. The number of carbonyl (C=O) groups is 1. The molecule has 0 saturated carbocycles. The maximum absolute atomic E-state index is 11.9. The van der Waals surface area contributed by atoms with Crippen LogP contribution in [-0.4, -0.2) is 28.6 Å². The van der Waals surface area contributed by atoms with Gasteiger partial charge < -0.3 is 15.7 Å². The van der Waals surface area contributed by atoms with Crippen LogP contribution in [0.2, 0.25) is 0 Å². The second-order valence-corrected chi connectivity index (χ2v) is 5.60. The Kier molecular flexibility index (Phi) is 6.51. The fourth-order valence-electron chi connectivity index (χ4n) is 2.07. The Morgan fingerprint density at radius 1 is 1.25 bits per heavy atom. The van der Waals surface area contributed by atoms with E-state index in [1.165, 1.54) is 11.6 Å². The molecule has 2 rings (SSSR count). The normalized spacial score (nSPS) is 12.1. The Balaban J connectivity index is 1.90. The van der Waals surface area contributed by atoms with Gasteiger partial charge >= 0.3 is 0 Å². The molecular formula is C19H23N3O2. The van der Waals surface area contributed by atoms with Gasteiger partial charge in [-0.15, -0.1) is 0 Å². The number of nitrogens with one attached hydrogen (secondary N) is 2. The lowest BCUT2D eigenvalue weighted by atomic mass is 10.1. The first-order valence-corrected chi connectivity index (χ1v) is 8.00. The van der Waals surface area contributed by atoms with E-state index in [1.807, 2.05) is 38.1 Å². The van der Waals surface area contributed by atoms with Gasteiger partial charge in [-0.1, -0.05) is 36.8 Å². The molecule has 1 aromatic carbocycles. The molecule has 1 atom stereocenters. The number of rotatable bonds is 7. The number of aromatic nitrogens is 1. The van der Waals surface area contributed by atoms with Crippen molar-refractivity contribution in [3.8, 4) is 0 Å². The van der Waals surface area contributed by atoms with Gasteiger partial charge in [-0.3, -0.25) is 4.79 Å². The molecule has 1 aromatic heterocycles. The van der Waals surface area contributed by atoms with Crippen LogP contribution in [-0.2, 0) is 4.79 Å². The number of carbonyl (C=O) groups excluding carboxylic acids is 1. The highest BCUT2D eigenvalue weighted by atomic mass is 16.3. The lowest BCUT2D eigenvalue weighted by molar-refractivity contribution is -0.111. The van der Waals surface area contributed by atoms with Gasteiger partial charge in [0.15, 0.2) is 0 Å². The molecule has 0 spiro atoms. The van der Waals surface area contributed by atoms with Crippen molar-refractivity contribution in [2.45, 2.75) is 26.3 Å². The van der Waals surface area contributed by atoms with Crippen molar-refractivity contribution >= 4 is 23.5 Å². The second-order valence-electron chi connectivity index (χ2n) is 5.60. The van der Waals surface area contributed by atoms with E-state index in [-0.39, 0.29) is 18.6 Å². The topological polar surface area (TPSA) is 74.2 Å². The number of amides is 1. The number of anilines is 2. The van der Waals surface area contributed by atoms with Crippen LogP contribution in [0.15, 0.2) is 48.7 Å². The van der Waals surface area contributed by atoms with Crippen molar-refractivity contribution in [3.05, 3.63) is 59.8 Å². The van der Waals surface area contributed by atoms with E-state index in [9.17, 15) is 9.90 Å². The standard InChI is InChI=1S/C19H23N3O2/c1-3-16(13-23)21-18-10-9-17(12-20-18)22-19(24)11-8-15-6-4-14(2)5-7-15/h4-12,16,23H,3,13H2,1-2H3,(H,20,21)(H,22,24)/b11-8+. The van der Waals surface area contributed by atoms with E-state index in [4.69, 9.17) is 0 Å². The van der Waals surface area contributed by atoms with Crippen LogP contribution in [0, 0.1) is 6.92 Å². The van der Waals surface area contributed by atoms with Gasteiger partial charge in [-0.2, -0.15) is 0 Å². The third kappa shape index (κ3) is 5.52. The molecule has 1 amide bonds. The maximum Gasteiger partial charge on any atom is 0.248 e. The molecule has 5 nitrogen and oxygen atoms in total. The lowest BCUT2D eigenvalue weighted by Crippen LogP contribution is -2.23. The molecule has 0 fully saturated rings. The quantitative estimate of drug-likeness (QED) is 0.683. The number of aryl methyl sites for hydroxylation is 1. The van der Waals surface area contributed by atoms with Crippen LogP contribution in [0.1, 0.15) is 24.5 Å². The van der Waals surface area contributed by atoms with Crippen LogP contribution in [0.3, 0.4) is 0 Å². The van der Waals surface area contributed by atoms with Crippen LogP contribution in [0.25, 0.3) is 6.08 Å². The smallest absolute Gasteiger partial charge is 0.248 e. The molecule has 5 heteroatoms. The van der Waals surface area contributed by atoms with Crippen molar-refractivity contribution in [3.63, 3.8) is 0 Å². The van der Waals surface area contributed by atoms with Crippen molar-refractivity contribution in [2.75, 3.05) is 17.2 Å². The van der Waals surface area contributed by atoms with Crippen molar-refractivity contribution < 1.29 is 9.90 Å². The summed E-state index contributed by atoms with van der Waals surface area (Å²) >= 11 is 0. The average molecular weight is 325 g/mol. The molecule has 0 aliphatic carbocycles. The Morgan fingerprint density at radius 2 is 2.00 bits per heavy atom. The van der Waals surface area contributed by atoms with Gasteiger partial charge in [-0.05, 0) is 37.1 Å². The lowest BCUT2D eigenvalue weighted by Gasteiger charge is -2.14. The molecule has 0 aliphatic heterocycles. The molecule has 0 saturated heterocycles. The van der Waals surface area contributed by atoms with Crippen molar-refractivity contribution in [1.82, 2.24) is 4.98 Å². The minimum atomic E-state index is -0.208. The molecule has 3 N–H and O–H groups in total. The number of nitrogens with zero attached hydrogens (tertiary/aromatic N) is 1. The Bertz CT molecular complexity index is 675. The number of aliphatic hydroxyl groups excluding tert-OH is 1. The summed E-state index contributed by atoms with van der Waals surface area (Å²) in [6.07, 6.45) is 5.66. The summed E-state index contributed by atoms with van der Waals surface area (Å²) in [5.74, 6) is 0.462. The molecular weight excluding hydrogens is 302 g/mol. The summed E-state index contributed by atoms with van der Waals surface area (Å²) in [5, 5.41) is 15.1. The van der Waals surface area contributed by atoms with Gasteiger partial charge in [0.1, 0.15) is 5.82 Å². The van der Waals surface area contributed by atoms with E-state index in [0.717, 1.165) is 12.0 Å². The third-order valence-electron chi connectivity index (χ3n) is 3.60. The Morgan fingerprint density at radius 3 is 2.58 bits per heavy atom. The summed E-state index contributed by atoms with van der Waals surface area (Å²) in [4.78, 5) is 16.2. The van der Waals surface area contributed by atoms with E-state index in [0.29, 0.717) is 11.5 Å². The summed E-state index contributed by atoms with van der Waals surface area (Å²) < 4.78 is 0. The number of hydrogen-bond donors (Lipinski definition) is 3. The Hall–Kier alpha value is -2.66. The van der Waals surface area contributed by atoms with Crippen LogP contribution < -0.4 is 10.6 Å².